The van der Waals surface area contributed by atoms with Crippen molar-refractivity contribution in [2.75, 3.05) is 0 Å². The van der Waals surface area contributed by atoms with Crippen molar-refractivity contribution in [1.29, 1.82) is 0 Å². The summed E-state index contributed by atoms with van der Waals surface area (Å²) in [6.45, 7) is 9.42. The maximum atomic E-state index is 11.3. The van der Waals surface area contributed by atoms with Gasteiger partial charge in [-0.25, -0.2) is 0 Å². The van der Waals surface area contributed by atoms with Crippen LogP contribution in [0.15, 0.2) is 12.2 Å². The van der Waals surface area contributed by atoms with Crippen LogP contribution in [0.4, 0.5) is 0 Å². The molecular weight excluding hydrogens is 204 g/mol. The van der Waals surface area contributed by atoms with Crippen LogP contribution < -0.4 is 0 Å². The van der Waals surface area contributed by atoms with Crippen LogP contribution in [0.25, 0.3) is 0 Å². The summed E-state index contributed by atoms with van der Waals surface area (Å²) in [6.07, 6.45) is 1.39. The maximum Gasteiger partial charge on any atom is 0.149 e. The maximum absolute atomic E-state index is 11.3. The molecule has 0 aliphatic carbocycles. The monoisotopic (exact) mass is 218 g/mol. The summed E-state index contributed by atoms with van der Waals surface area (Å²) in [6, 6.07) is 0. The summed E-state index contributed by atoms with van der Waals surface area (Å²) < 4.78 is -0.373. The third kappa shape index (κ3) is 5.19. The molecule has 11 heavy (non-hydrogen) atoms. The highest BCUT2D eigenvalue weighted by Crippen LogP contribution is 2.20. The Morgan fingerprint density at radius 2 is 1.91 bits per heavy atom. The number of allylic oxidation sites excluding steroid dienone is 1. The Labute approximate surface area is 77.0 Å². The molecule has 0 N–H and O–H groups in total. The van der Waals surface area contributed by atoms with E-state index >= 15 is 0 Å². The second-order valence-corrected chi connectivity index (χ2v) is 5.34. The van der Waals surface area contributed by atoms with Crippen molar-refractivity contribution in [2.24, 2.45) is 0 Å². The largest absolute Gasteiger partial charge is 0.298 e. The van der Waals surface area contributed by atoms with Gasteiger partial charge < -0.3 is 0 Å². The molecule has 0 aliphatic heterocycles. The number of hydrogen-bond donors (Lipinski definition) is 0. The van der Waals surface area contributed by atoms with Gasteiger partial charge in [0.15, 0.2) is 0 Å². The van der Waals surface area contributed by atoms with Crippen molar-refractivity contribution in [3.05, 3.63) is 12.2 Å². The van der Waals surface area contributed by atoms with Gasteiger partial charge in [0, 0.05) is 6.42 Å². The summed E-state index contributed by atoms with van der Waals surface area (Å²) in [7, 11) is 0. The number of halogens is 1. The molecule has 0 aromatic carbocycles. The van der Waals surface area contributed by atoms with Crippen LogP contribution in [0, 0.1) is 0 Å². The minimum absolute atomic E-state index is 0.237. The smallest absolute Gasteiger partial charge is 0.149 e. The Kier molecular flexibility index (Phi) is 4.01. The minimum atomic E-state index is -0.373. The highest BCUT2D eigenvalue weighted by molar-refractivity contribution is 9.10. The average molecular weight is 219 g/mol. The predicted molar refractivity (Wildman–Crippen MR) is 52.1 cm³/mol. The molecule has 2 heteroatoms. The fourth-order valence-corrected chi connectivity index (χ4v) is 0.822. The normalized spacial score (nSPS) is 11.3. The number of ketones is 1. The van der Waals surface area contributed by atoms with Crippen LogP contribution >= 0.6 is 15.9 Å². The number of hydrogen-bond acceptors (Lipinski definition) is 1. The van der Waals surface area contributed by atoms with E-state index in [-0.39, 0.29) is 10.1 Å². The summed E-state index contributed by atoms with van der Waals surface area (Å²) in [5.41, 5.74) is 1.06. The van der Waals surface area contributed by atoms with Gasteiger partial charge in [0.05, 0.1) is 4.32 Å². The number of rotatable bonds is 4. The first-order chi connectivity index (χ1) is 4.84. The van der Waals surface area contributed by atoms with Crippen molar-refractivity contribution in [3.63, 3.8) is 0 Å². The second-order valence-electron chi connectivity index (χ2n) is 3.35. The van der Waals surface area contributed by atoms with Crippen molar-refractivity contribution in [2.45, 2.75) is 37.9 Å². The lowest BCUT2D eigenvalue weighted by atomic mass is 10.0. The Balaban J connectivity index is 3.80. The molecule has 0 atom stereocenters. The van der Waals surface area contributed by atoms with Gasteiger partial charge in [0.2, 0.25) is 0 Å². The Morgan fingerprint density at radius 1 is 1.45 bits per heavy atom. The minimum Gasteiger partial charge on any atom is -0.298 e. The zero-order valence-corrected chi connectivity index (χ0v) is 8.99. The van der Waals surface area contributed by atoms with E-state index in [1.807, 2.05) is 20.8 Å². The molecule has 0 unspecified atom stereocenters. The number of carbonyl (C=O) groups is 1. The molecule has 0 saturated heterocycles. The van der Waals surface area contributed by atoms with Gasteiger partial charge in [-0.1, -0.05) is 21.5 Å². The SMILES string of the molecule is C=C(C)CCC(=O)C(C)(C)Br. The molecule has 0 rings (SSSR count). The first-order valence-electron chi connectivity index (χ1n) is 3.70. The predicted octanol–water partition coefficient (Wildman–Crippen LogP) is 3.09. The third-order valence-electron chi connectivity index (χ3n) is 1.44. The third-order valence-corrected chi connectivity index (χ3v) is 1.88. The zero-order chi connectivity index (χ0) is 9.07. The van der Waals surface area contributed by atoms with E-state index < -0.39 is 0 Å². The van der Waals surface area contributed by atoms with E-state index in [1.165, 1.54) is 0 Å². The van der Waals surface area contributed by atoms with Crippen LogP contribution in [-0.4, -0.2) is 10.1 Å². The van der Waals surface area contributed by atoms with Crippen molar-refractivity contribution in [1.82, 2.24) is 0 Å². The van der Waals surface area contributed by atoms with E-state index in [2.05, 4.69) is 22.5 Å². The van der Waals surface area contributed by atoms with E-state index in [0.29, 0.717) is 6.42 Å². The molecule has 0 bridgehead atoms. The summed E-state index contributed by atoms with van der Waals surface area (Å²) >= 11 is 3.31. The van der Waals surface area contributed by atoms with E-state index in [1.54, 1.807) is 0 Å². The van der Waals surface area contributed by atoms with Gasteiger partial charge in [0.25, 0.3) is 0 Å². The highest BCUT2D eigenvalue weighted by Gasteiger charge is 2.22. The first-order valence-corrected chi connectivity index (χ1v) is 4.50. The quantitative estimate of drug-likeness (QED) is 0.524. The standard InChI is InChI=1S/C9H15BrO/c1-7(2)5-6-8(11)9(3,4)10/h1,5-6H2,2-4H3. The van der Waals surface area contributed by atoms with Gasteiger partial charge in [-0.2, -0.15) is 0 Å². The zero-order valence-electron chi connectivity index (χ0n) is 7.41. The summed E-state index contributed by atoms with van der Waals surface area (Å²) in [4.78, 5) is 11.3. The fourth-order valence-electron chi connectivity index (χ4n) is 0.624. The first kappa shape index (κ1) is 10.9. The fraction of sp³-hybridized carbons (Fsp3) is 0.667. The highest BCUT2D eigenvalue weighted by atomic mass is 79.9. The second kappa shape index (κ2) is 4.05. The summed E-state index contributed by atoms with van der Waals surface area (Å²) in [5.74, 6) is 0.237. The van der Waals surface area contributed by atoms with Crippen molar-refractivity contribution >= 4 is 21.7 Å². The summed E-state index contributed by atoms with van der Waals surface area (Å²) in [5, 5.41) is 0. The average Bonchev–Trinajstić information content (AvgIpc) is 1.80. The molecule has 1 nitrogen and oxygen atoms in total. The van der Waals surface area contributed by atoms with Crippen LogP contribution in [0.1, 0.15) is 33.6 Å². The lowest BCUT2D eigenvalue weighted by molar-refractivity contribution is -0.120. The molecule has 0 aromatic heterocycles. The number of carbonyl (C=O) groups excluding carboxylic acids is 1. The van der Waals surface area contributed by atoms with Crippen LogP contribution in [0.5, 0.6) is 0 Å². The van der Waals surface area contributed by atoms with Gasteiger partial charge >= 0.3 is 0 Å². The molecule has 0 spiro atoms. The molecule has 0 aromatic rings. The Morgan fingerprint density at radius 3 is 2.18 bits per heavy atom. The van der Waals surface area contributed by atoms with E-state index in [4.69, 9.17) is 0 Å². The Bertz CT molecular complexity index is 165. The molecule has 0 saturated carbocycles. The van der Waals surface area contributed by atoms with E-state index in [0.717, 1.165) is 12.0 Å². The molecule has 0 radical (unpaired) electrons. The lowest BCUT2D eigenvalue weighted by Crippen LogP contribution is -2.23. The van der Waals surface area contributed by atoms with Crippen LogP contribution in [-0.2, 0) is 4.79 Å². The van der Waals surface area contributed by atoms with Gasteiger partial charge in [-0.3, -0.25) is 4.79 Å². The van der Waals surface area contributed by atoms with Crippen LogP contribution in [0.3, 0.4) is 0 Å². The van der Waals surface area contributed by atoms with E-state index in [9.17, 15) is 4.79 Å². The molecule has 0 aliphatic rings. The Hall–Kier alpha value is -0.110. The molecule has 0 heterocycles. The molecular formula is C9H15BrO. The van der Waals surface area contributed by atoms with Crippen molar-refractivity contribution in [3.8, 4) is 0 Å². The molecule has 64 valence electrons. The molecule has 0 amide bonds. The number of alkyl halides is 1. The molecule has 0 fully saturated rings. The topological polar surface area (TPSA) is 17.1 Å². The number of Topliss-reactive ketones (excluding diaryl/α,β-unsaturated/α-hetero) is 1. The van der Waals surface area contributed by atoms with Crippen molar-refractivity contribution < 1.29 is 4.79 Å². The lowest BCUT2D eigenvalue weighted by Gasteiger charge is -2.13. The van der Waals surface area contributed by atoms with Crippen LogP contribution in [0.2, 0.25) is 0 Å². The van der Waals surface area contributed by atoms with Gasteiger partial charge in [-0.05, 0) is 27.2 Å². The van der Waals surface area contributed by atoms with Gasteiger partial charge in [0.1, 0.15) is 5.78 Å². The van der Waals surface area contributed by atoms with Gasteiger partial charge in [-0.15, -0.1) is 6.58 Å².